The van der Waals surface area contributed by atoms with E-state index in [2.05, 4.69) is 42.3 Å². The number of hydrogen-bond acceptors (Lipinski definition) is 3. The SMILES string of the molecule is COc1ccc(CCCN2CCNCC2)cc1C(C)C. The number of piperazine rings is 1. The van der Waals surface area contributed by atoms with Crippen molar-refractivity contribution in [1.29, 1.82) is 0 Å². The molecule has 1 N–H and O–H groups in total. The lowest BCUT2D eigenvalue weighted by atomic mass is 9.97. The maximum Gasteiger partial charge on any atom is 0.122 e. The first-order valence-corrected chi connectivity index (χ1v) is 7.80. The number of benzene rings is 1. The van der Waals surface area contributed by atoms with Crippen LogP contribution >= 0.6 is 0 Å². The van der Waals surface area contributed by atoms with Gasteiger partial charge in [-0.1, -0.05) is 26.0 Å². The first-order chi connectivity index (χ1) is 9.70. The highest BCUT2D eigenvalue weighted by molar-refractivity contribution is 5.39. The van der Waals surface area contributed by atoms with Crippen molar-refractivity contribution in [2.24, 2.45) is 0 Å². The maximum absolute atomic E-state index is 5.45. The second-order valence-corrected chi connectivity index (χ2v) is 5.93. The van der Waals surface area contributed by atoms with E-state index in [1.54, 1.807) is 7.11 Å². The van der Waals surface area contributed by atoms with E-state index in [9.17, 15) is 0 Å². The van der Waals surface area contributed by atoms with Gasteiger partial charge in [0, 0.05) is 26.2 Å². The van der Waals surface area contributed by atoms with Gasteiger partial charge >= 0.3 is 0 Å². The van der Waals surface area contributed by atoms with E-state index in [0.717, 1.165) is 25.3 Å². The Morgan fingerprint density at radius 1 is 1.25 bits per heavy atom. The summed E-state index contributed by atoms with van der Waals surface area (Å²) in [7, 11) is 1.76. The van der Waals surface area contributed by atoms with Crippen molar-refractivity contribution in [3.05, 3.63) is 29.3 Å². The number of nitrogens with one attached hydrogen (secondary N) is 1. The Balaban J connectivity index is 1.87. The fraction of sp³-hybridized carbons (Fsp3) is 0.647. The lowest BCUT2D eigenvalue weighted by Crippen LogP contribution is -2.43. The zero-order valence-electron chi connectivity index (χ0n) is 13.1. The quantitative estimate of drug-likeness (QED) is 0.864. The summed E-state index contributed by atoms with van der Waals surface area (Å²) in [5.41, 5.74) is 2.76. The molecule has 2 rings (SSSR count). The third kappa shape index (κ3) is 4.22. The molecule has 1 aliphatic rings. The largest absolute Gasteiger partial charge is 0.496 e. The van der Waals surface area contributed by atoms with Gasteiger partial charge in [-0.2, -0.15) is 0 Å². The molecule has 0 amide bonds. The monoisotopic (exact) mass is 276 g/mol. The van der Waals surface area contributed by atoms with Crippen molar-refractivity contribution in [3.8, 4) is 5.75 Å². The normalized spacial score (nSPS) is 16.6. The van der Waals surface area contributed by atoms with Gasteiger partial charge in [-0.15, -0.1) is 0 Å². The minimum atomic E-state index is 0.512. The van der Waals surface area contributed by atoms with Crippen LogP contribution in [0.1, 0.15) is 37.3 Å². The standard InChI is InChI=1S/C17H28N2O/c1-14(2)16-13-15(6-7-17(16)20-3)5-4-10-19-11-8-18-9-12-19/h6-7,13-14,18H,4-5,8-12H2,1-3H3. The molecular weight excluding hydrogens is 248 g/mol. The smallest absolute Gasteiger partial charge is 0.122 e. The molecule has 0 saturated carbocycles. The topological polar surface area (TPSA) is 24.5 Å². The van der Waals surface area contributed by atoms with E-state index >= 15 is 0 Å². The number of aryl methyl sites for hydroxylation is 1. The molecule has 1 saturated heterocycles. The van der Waals surface area contributed by atoms with Gasteiger partial charge in [-0.25, -0.2) is 0 Å². The summed E-state index contributed by atoms with van der Waals surface area (Å²) in [5, 5.41) is 3.40. The third-order valence-corrected chi connectivity index (χ3v) is 4.07. The Morgan fingerprint density at radius 2 is 2.00 bits per heavy atom. The highest BCUT2D eigenvalue weighted by atomic mass is 16.5. The number of methoxy groups -OCH3 is 1. The molecule has 1 fully saturated rings. The third-order valence-electron chi connectivity index (χ3n) is 4.07. The molecule has 0 aliphatic carbocycles. The molecular formula is C17H28N2O. The molecule has 112 valence electrons. The number of nitrogens with zero attached hydrogens (tertiary/aromatic N) is 1. The molecule has 3 heteroatoms. The molecule has 1 heterocycles. The number of hydrogen-bond donors (Lipinski definition) is 1. The lowest BCUT2D eigenvalue weighted by Gasteiger charge is -2.27. The van der Waals surface area contributed by atoms with E-state index in [-0.39, 0.29) is 0 Å². The summed E-state index contributed by atoms with van der Waals surface area (Å²) in [4.78, 5) is 2.56. The fourth-order valence-corrected chi connectivity index (χ4v) is 2.83. The summed E-state index contributed by atoms with van der Waals surface area (Å²) < 4.78 is 5.45. The molecule has 0 bridgehead atoms. The van der Waals surface area contributed by atoms with Crippen molar-refractivity contribution in [3.63, 3.8) is 0 Å². The zero-order valence-corrected chi connectivity index (χ0v) is 13.1. The Hall–Kier alpha value is -1.06. The summed E-state index contributed by atoms with van der Waals surface area (Å²) in [6, 6.07) is 6.65. The van der Waals surface area contributed by atoms with Crippen molar-refractivity contribution in [2.75, 3.05) is 39.8 Å². The molecule has 3 nitrogen and oxygen atoms in total. The van der Waals surface area contributed by atoms with Crippen molar-refractivity contribution in [2.45, 2.75) is 32.6 Å². The van der Waals surface area contributed by atoms with Crippen LogP contribution in [0.15, 0.2) is 18.2 Å². The van der Waals surface area contributed by atoms with E-state index in [4.69, 9.17) is 4.74 Å². The maximum atomic E-state index is 5.45. The average Bonchev–Trinajstić information content (AvgIpc) is 2.48. The first-order valence-electron chi connectivity index (χ1n) is 7.80. The van der Waals surface area contributed by atoms with Crippen LogP contribution in [0.4, 0.5) is 0 Å². The Kier molecular flexibility index (Phi) is 5.86. The number of ether oxygens (including phenoxy) is 1. The average molecular weight is 276 g/mol. The lowest BCUT2D eigenvalue weighted by molar-refractivity contribution is 0.238. The second kappa shape index (κ2) is 7.65. The van der Waals surface area contributed by atoms with E-state index in [1.165, 1.54) is 37.2 Å². The minimum Gasteiger partial charge on any atom is -0.496 e. The van der Waals surface area contributed by atoms with Crippen LogP contribution in [0, 0.1) is 0 Å². The van der Waals surface area contributed by atoms with E-state index in [0.29, 0.717) is 5.92 Å². The van der Waals surface area contributed by atoms with Gasteiger partial charge in [0.05, 0.1) is 7.11 Å². The zero-order chi connectivity index (χ0) is 14.4. The Labute approximate surface area is 123 Å². The van der Waals surface area contributed by atoms with Crippen LogP contribution in [-0.2, 0) is 6.42 Å². The fourth-order valence-electron chi connectivity index (χ4n) is 2.83. The van der Waals surface area contributed by atoms with Crippen LogP contribution in [0.25, 0.3) is 0 Å². The van der Waals surface area contributed by atoms with Gasteiger partial charge in [-0.3, -0.25) is 0 Å². The van der Waals surface area contributed by atoms with Gasteiger partial charge in [0.25, 0.3) is 0 Å². The van der Waals surface area contributed by atoms with Crippen molar-refractivity contribution < 1.29 is 4.74 Å². The van der Waals surface area contributed by atoms with E-state index < -0.39 is 0 Å². The second-order valence-electron chi connectivity index (χ2n) is 5.93. The molecule has 0 unspecified atom stereocenters. The highest BCUT2D eigenvalue weighted by Gasteiger charge is 2.10. The highest BCUT2D eigenvalue weighted by Crippen LogP contribution is 2.27. The summed E-state index contributed by atoms with van der Waals surface area (Å²) in [6.07, 6.45) is 2.40. The number of rotatable bonds is 6. The Bertz CT molecular complexity index is 411. The van der Waals surface area contributed by atoms with Gasteiger partial charge in [0.15, 0.2) is 0 Å². The minimum absolute atomic E-state index is 0.512. The van der Waals surface area contributed by atoms with Gasteiger partial charge in [-0.05, 0) is 42.5 Å². The molecule has 0 aromatic heterocycles. The predicted octanol–water partition coefficient (Wildman–Crippen LogP) is 2.66. The van der Waals surface area contributed by atoms with Crippen LogP contribution < -0.4 is 10.1 Å². The van der Waals surface area contributed by atoms with Crippen LogP contribution in [0.3, 0.4) is 0 Å². The Morgan fingerprint density at radius 3 is 2.65 bits per heavy atom. The van der Waals surface area contributed by atoms with Gasteiger partial charge in [0.1, 0.15) is 5.75 Å². The van der Waals surface area contributed by atoms with Crippen LogP contribution in [-0.4, -0.2) is 44.7 Å². The summed E-state index contributed by atoms with van der Waals surface area (Å²) in [6.45, 7) is 10.3. The molecule has 1 aromatic rings. The van der Waals surface area contributed by atoms with Crippen molar-refractivity contribution in [1.82, 2.24) is 10.2 Å². The van der Waals surface area contributed by atoms with Gasteiger partial charge in [0.2, 0.25) is 0 Å². The molecule has 20 heavy (non-hydrogen) atoms. The van der Waals surface area contributed by atoms with Crippen molar-refractivity contribution >= 4 is 0 Å². The summed E-state index contributed by atoms with van der Waals surface area (Å²) in [5.74, 6) is 1.53. The van der Waals surface area contributed by atoms with Crippen LogP contribution in [0.5, 0.6) is 5.75 Å². The van der Waals surface area contributed by atoms with Crippen LogP contribution in [0.2, 0.25) is 0 Å². The molecule has 0 spiro atoms. The summed E-state index contributed by atoms with van der Waals surface area (Å²) >= 11 is 0. The molecule has 1 aromatic carbocycles. The predicted molar refractivity (Wildman–Crippen MR) is 84.7 cm³/mol. The molecule has 1 aliphatic heterocycles. The first kappa shape index (κ1) is 15.3. The van der Waals surface area contributed by atoms with Gasteiger partial charge < -0.3 is 15.0 Å². The molecule has 0 radical (unpaired) electrons. The van der Waals surface area contributed by atoms with E-state index in [1.807, 2.05) is 0 Å². The molecule has 0 atom stereocenters.